The Labute approximate surface area is 110 Å². The lowest BCUT2D eigenvalue weighted by molar-refractivity contribution is 0.316. The maximum Gasteiger partial charge on any atom is 0.183 e. The molecular formula is C11H16Br2OSi. The molecule has 84 valence electrons. The van der Waals surface area contributed by atoms with Crippen molar-refractivity contribution in [2.75, 3.05) is 6.61 Å². The highest BCUT2D eigenvalue weighted by Crippen LogP contribution is 2.20. The molecule has 1 rings (SSSR count). The van der Waals surface area contributed by atoms with Gasteiger partial charge in [0.25, 0.3) is 0 Å². The predicted molar refractivity (Wildman–Crippen MR) is 74.8 cm³/mol. The first-order valence-electron chi connectivity index (χ1n) is 4.96. The highest BCUT2D eigenvalue weighted by Gasteiger charge is 2.13. The summed E-state index contributed by atoms with van der Waals surface area (Å²) in [5.41, 5.74) is 1.30. The third-order valence-corrected chi connectivity index (χ3v) is 3.83. The number of hydrogen-bond donors (Lipinski definition) is 0. The van der Waals surface area contributed by atoms with E-state index in [1.165, 1.54) is 5.56 Å². The van der Waals surface area contributed by atoms with Crippen molar-refractivity contribution in [3.63, 3.8) is 0 Å². The van der Waals surface area contributed by atoms with Gasteiger partial charge in [-0.2, -0.15) is 0 Å². The topological polar surface area (TPSA) is 9.23 Å². The molecule has 0 radical (unpaired) electrons. The zero-order valence-electron chi connectivity index (χ0n) is 9.31. The largest absolute Gasteiger partial charge is 0.417 e. The summed E-state index contributed by atoms with van der Waals surface area (Å²) in [5.74, 6) is 0. The minimum atomic E-state index is -1.36. The molecule has 0 aliphatic carbocycles. The highest BCUT2D eigenvalue weighted by atomic mass is 79.9. The lowest BCUT2D eigenvalue weighted by atomic mass is 10.2. The molecule has 0 aromatic heterocycles. The molecule has 0 N–H and O–H groups in total. The average molecular weight is 352 g/mol. The van der Waals surface area contributed by atoms with Crippen LogP contribution in [0.15, 0.2) is 27.1 Å². The normalized spacial score (nSPS) is 11.8. The minimum Gasteiger partial charge on any atom is -0.417 e. The number of benzene rings is 1. The first-order chi connectivity index (χ1) is 6.87. The Balaban J connectivity index is 2.51. The molecule has 0 bridgehead atoms. The van der Waals surface area contributed by atoms with Crippen LogP contribution >= 0.6 is 31.9 Å². The zero-order valence-corrected chi connectivity index (χ0v) is 13.5. The monoisotopic (exact) mass is 350 g/mol. The summed E-state index contributed by atoms with van der Waals surface area (Å²) < 4.78 is 8.04. The van der Waals surface area contributed by atoms with E-state index in [2.05, 4.69) is 63.6 Å². The van der Waals surface area contributed by atoms with Crippen LogP contribution in [0.2, 0.25) is 19.6 Å². The Morgan fingerprint density at radius 3 is 2.07 bits per heavy atom. The van der Waals surface area contributed by atoms with Crippen LogP contribution in [0.1, 0.15) is 5.56 Å². The second kappa shape index (κ2) is 5.62. The van der Waals surface area contributed by atoms with Crippen LogP contribution in [-0.4, -0.2) is 14.9 Å². The fourth-order valence-electron chi connectivity index (χ4n) is 1.23. The molecular weight excluding hydrogens is 336 g/mol. The average Bonchev–Trinajstić information content (AvgIpc) is 1.99. The van der Waals surface area contributed by atoms with Crippen LogP contribution in [0, 0.1) is 0 Å². The molecule has 4 heteroatoms. The van der Waals surface area contributed by atoms with Crippen LogP contribution in [0.3, 0.4) is 0 Å². The van der Waals surface area contributed by atoms with E-state index in [4.69, 9.17) is 4.43 Å². The summed E-state index contributed by atoms with van der Waals surface area (Å²) in [4.78, 5) is 0. The van der Waals surface area contributed by atoms with Gasteiger partial charge in [-0.05, 0) is 49.8 Å². The van der Waals surface area contributed by atoms with Gasteiger partial charge < -0.3 is 4.43 Å². The lowest BCUT2D eigenvalue weighted by Crippen LogP contribution is -2.26. The molecule has 0 aliphatic heterocycles. The van der Waals surface area contributed by atoms with Crippen LogP contribution in [0.4, 0.5) is 0 Å². The van der Waals surface area contributed by atoms with Gasteiger partial charge in [-0.3, -0.25) is 0 Å². The van der Waals surface area contributed by atoms with E-state index in [1.807, 2.05) is 6.07 Å². The fourth-order valence-corrected chi connectivity index (χ4v) is 3.33. The second-order valence-electron chi connectivity index (χ2n) is 4.49. The van der Waals surface area contributed by atoms with E-state index < -0.39 is 8.32 Å². The molecule has 0 saturated heterocycles. The van der Waals surface area contributed by atoms with Gasteiger partial charge in [0, 0.05) is 15.6 Å². The van der Waals surface area contributed by atoms with Gasteiger partial charge in [-0.25, -0.2) is 0 Å². The molecule has 0 amide bonds. The van der Waals surface area contributed by atoms with Crippen molar-refractivity contribution in [2.45, 2.75) is 26.1 Å². The van der Waals surface area contributed by atoms with Gasteiger partial charge in [0.05, 0.1) is 0 Å². The molecule has 1 aromatic rings. The van der Waals surface area contributed by atoms with E-state index in [9.17, 15) is 0 Å². The van der Waals surface area contributed by atoms with Crippen molar-refractivity contribution in [1.29, 1.82) is 0 Å². The molecule has 0 heterocycles. The Morgan fingerprint density at radius 2 is 1.60 bits per heavy atom. The van der Waals surface area contributed by atoms with E-state index >= 15 is 0 Å². The fraction of sp³-hybridized carbons (Fsp3) is 0.455. The van der Waals surface area contributed by atoms with Gasteiger partial charge in [-0.1, -0.05) is 31.9 Å². The van der Waals surface area contributed by atoms with Crippen LogP contribution in [-0.2, 0) is 10.8 Å². The zero-order chi connectivity index (χ0) is 11.5. The number of rotatable bonds is 4. The summed E-state index contributed by atoms with van der Waals surface area (Å²) >= 11 is 6.96. The van der Waals surface area contributed by atoms with E-state index in [0.717, 1.165) is 22.0 Å². The molecule has 0 spiro atoms. The van der Waals surface area contributed by atoms with Crippen molar-refractivity contribution in [3.05, 3.63) is 32.7 Å². The molecule has 0 aliphatic rings. The van der Waals surface area contributed by atoms with Crippen LogP contribution in [0.5, 0.6) is 0 Å². The lowest BCUT2D eigenvalue weighted by Gasteiger charge is -2.17. The maximum atomic E-state index is 5.82. The quantitative estimate of drug-likeness (QED) is 0.720. The number of halogens is 2. The maximum absolute atomic E-state index is 5.82. The molecule has 0 unspecified atom stereocenters. The van der Waals surface area contributed by atoms with Gasteiger partial charge in [-0.15, -0.1) is 0 Å². The summed E-state index contributed by atoms with van der Waals surface area (Å²) in [6.07, 6.45) is 0.975. The molecule has 1 aromatic carbocycles. The third kappa shape index (κ3) is 5.85. The van der Waals surface area contributed by atoms with Crippen molar-refractivity contribution in [2.24, 2.45) is 0 Å². The molecule has 15 heavy (non-hydrogen) atoms. The van der Waals surface area contributed by atoms with Crippen molar-refractivity contribution in [3.8, 4) is 0 Å². The van der Waals surface area contributed by atoms with E-state index in [0.29, 0.717) is 0 Å². The van der Waals surface area contributed by atoms with Crippen LogP contribution < -0.4 is 0 Å². The highest BCUT2D eigenvalue weighted by molar-refractivity contribution is 9.11. The smallest absolute Gasteiger partial charge is 0.183 e. The predicted octanol–water partition coefficient (Wildman–Crippen LogP) is 4.61. The number of hydrogen-bond acceptors (Lipinski definition) is 1. The second-order valence-corrected chi connectivity index (χ2v) is 10.8. The van der Waals surface area contributed by atoms with E-state index in [-0.39, 0.29) is 0 Å². The first-order valence-corrected chi connectivity index (χ1v) is 9.95. The Morgan fingerprint density at radius 1 is 1.07 bits per heavy atom. The summed E-state index contributed by atoms with van der Waals surface area (Å²) in [7, 11) is -1.36. The van der Waals surface area contributed by atoms with Gasteiger partial charge >= 0.3 is 0 Å². The summed E-state index contributed by atoms with van der Waals surface area (Å²) in [6, 6.07) is 6.32. The first kappa shape index (κ1) is 13.4. The van der Waals surface area contributed by atoms with Gasteiger partial charge in [0.15, 0.2) is 8.32 Å². The van der Waals surface area contributed by atoms with Crippen molar-refractivity contribution >= 4 is 40.2 Å². The molecule has 0 atom stereocenters. The third-order valence-electron chi connectivity index (χ3n) is 1.85. The Hall–Kier alpha value is 0.357. The molecule has 0 saturated carbocycles. The Bertz CT molecular complexity index is 314. The standard InChI is InChI=1S/C11H16Br2OSi/c1-15(2,3)14-5-4-9-6-10(12)8-11(13)7-9/h6-8H,4-5H2,1-3H3. The minimum absolute atomic E-state index is 0.818. The summed E-state index contributed by atoms with van der Waals surface area (Å²) in [5, 5.41) is 0. The van der Waals surface area contributed by atoms with Crippen LogP contribution in [0.25, 0.3) is 0 Å². The molecule has 1 nitrogen and oxygen atoms in total. The van der Waals surface area contributed by atoms with Crippen molar-refractivity contribution < 1.29 is 4.43 Å². The molecule has 0 fully saturated rings. The van der Waals surface area contributed by atoms with Gasteiger partial charge in [0.1, 0.15) is 0 Å². The van der Waals surface area contributed by atoms with Gasteiger partial charge in [0.2, 0.25) is 0 Å². The SMILES string of the molecule is C[Si](C)(C)OCCc1cc(Br)cc(Br)c1. The Kier molecular flexibility index (Phi) is 5.02. The van der Waals surface area contributed by atoms with Crippen molar-refractivity contribution in [1.82, 2.24) is 0 Å². The van der Waals surface area contributed by atoms with E-state index in [1.54, 1.807) is 0 Å². The summed E-state index contributed by atoms with van der Waals surface area (Å²) in [6.45, 7) is 7.45.